The van der Waals surface area contributed by atoms with E-state index in [1.54, 1.807) is 23.1 Å². The summed E-state index contributed by atoms with van der Waals surface area (Å²) in [6.07, 6.45) is 2.74. The van der Waals surface area contributed by atoms with Crippen LogP contribution in [0.3, 0.4) is 0 Å². The number of imide groups is 1. The summed E-state index contributed by atoms with van der Waals surface area (Å²) in [5.41, 5.74) is 2.57. The molecule has 36 heavy (non-hydrogen) atoms. The Labute approximate surface area is 210 Å². The van der Waals surface area contributed by atoms with Crippen LogP contribution in [-0.4, -0.2) is 75.1 Å². The summed E-state index contributed by atoms with van der Waals surface area (Å²) < 4.78 is 5.76. The van der Waals surface area contributed by atoms with E-state index >= 15 is 0 Å². The molecule has 2 unspecified atom stereocenters. The predicted molar refractivity (Wildman–Crippen MR) is 136 cm³/mol. The van der Waals surface area contributed by atoms with Gasteiger partial charge in [0.05, 0.1) is 6.61 Å². The molecule has 2 N–H and O–H groups in total. The lowest BCUT2D eigenvalue weighted by Gasteiger charge is -2.42. The first kappa shape index (κ1) is 22.9. The van der Waals surface area contributed by atoms with Gasteiger partial charge in [-0.2, -0.15) is 0 Å². The molecule has 8 nitrogen and oxygen atoms in total. The van der Waals surface area contributed by atoms with E-state index < -0.39 is 11.6 Å². The van der Waals surface area contributed by atoms with E-state index in [1.165, 1.54) is 4.90 Å². The number of aromatic hydroxyl groups is 1. The number of benzene rings is 2. The summed E-state index contributed by atoms with van der Waals surface area (Å²) in [5, 5.41) is 11.3. The number of phenolic OH excluding ortho intramolecular Hbond substituents is 1. The Kier molecular flexibility index (Phi) is 5.44. The molecular weight excluding hydrogens is 456 g/mol. The first-order valence-corrected chi connectivity index (χ1v) is 12.8. The zero-order valence-electron chi connectivity index (χ0n) is 20.8. The number of amides is 3. The van der Waals surface area contributed by atoms with E-state index in [2.05, 4.69) is 9.88 Å². The van der Waals surface area contributed by atoms with E-state index in [1.807, 2.05) is 38.1 Å². The van der Waals surface area contributed by atoms with Crippen LogP contribution < -0.4 is 4.74 Å². The first-order chi connectivity index (χ1) is 17.4. The number of H-pyrrole nitrogens is 1. The Morgan fingerprint density at radius 3 is 2.67 bits per heavy atom. The zero-order valence-corrected chi connectivity index (χ0v) is 20.8. The van der Waals surface area contributed by atoms with Gasteiger partial charge in [0.25, 0.3) is 5.91 Å². The lowest BCUT2D eigenvalue weighted by atomic mass is 9.81. The van der Waals surface area contributed by atoms with Crippen molar-refractivity contribution in [1.82, 2.24) is 19.7 Å². The molecule has 0 spiro atoms. The van der Waals surface area contributed by atoms with Gasteiger partial charge in [-0.25, -0.2) is 4.79 Å². The van der Waals surface area contributed by atoms with Crippen molar-refractivity contribution in [2.45, 2.75) is 44.7 Å². The molecule has 4 heterocycles. The average Bonchev–Trinajstić information content (AvgIpc) is 3.54. The molecule has 188 valence electrons. The Balaban J connectivity index is 1.47. The lowest BCUT2D eigenvalue weighted by Crippen LogP contribution is -2.53. The number of nitrogens with zero attached hydrogens (tertiary/aromatic N) is 3. The molecule has 3 aromatic rings. The van der Waals surface area contributed by atoms with Gasteiger partial charge < -0.3 is 19.7 Å². The monoisotopic (exact) mass is 488 g/mol. The number of hydrogen-bond acceptors (Lipinski definition) is 5. The number of rotatable bonds is 6. The van der Waals surface area contributed by atoms with Crippen molar-refractivity contribution in [2.75, 3.05) is 32.8 Å². The Morgan fingerprint density at radius 2 is 1.92 bits per heavy atom. The van der Waals surface area contributed by atoms with Gasteiger partial charge in [0, 0.05) is 36.1 Å². The van der Waals surface area contributed by atoms with Crippen molar-refractivity contribution >= 4 is 22.8 Å². The number of carbonyl (C=O) groups is 2. The highest BCUT2D eigenvalue weighted by Gasteiger charge is 2.60. The molecule has 1 aromatic heterocycles. The van der Waals surface area contributed by atoms with Gasteiger partial charge in [-0.1, -0.05) is 12.1 Å². The predicted octanol–water partition coefficient (Wildman–Crippen LogP) is 4.04. The maximum Gasteiger partial charge on any atom is 0.328 e. The number of ether oxygens (including phenoxy) is 1. The topological polar surface area (TPSA) is 89.1 Å². The molecule has 2 atom stereocenters. The van der Waals surface area contributed by atoms with Crippen molar-refractivity contribution in [2.24, 2.45) is 0 Å². The molecule has 2 saturated heterocycles. The number of hydrogen-bond donors (Lipinski definition) is 2. The molecule has 0 radical (unpaired) electrons. The number of nitrogens with one attached hydrogen (secondary N) is 1. The highest BCUT2D eigenvalue weighted by Crippen LogP contribution is 2.49. The minimum atomic E-state index is -1.03. The zero-order chi connectivity index (χ0) is 25.0. The SMILES string of the molecule is CCOc1ccc2[nH]c3c(c2c1)CC1(C)C(=O)N(CCN2CCCC2)C(=O)N1C3c1cccc(O)c1. The van der Waals surface area contributed by atoms with Gasteiger partial charge in [0.15, 0.2) is 0 Å². The minimum Gasteiger partial charge on any atom is -0.508 e. The molecule has 3 aliphatic heterocycles. The third-order valence-electron chi connectivity index (χ3n) is 7.97. The summed E-state index contributed by atoms with van der Waals surface area (Å²) in [6.45, 7) is 7.52. The fraction of sp³-hybridized carbons (Fsp3) is 0.429. The van der Waals surface area contributed by atoms with E-state index in [0.717, 1.165) is 59.4 Å². The van der Waals surface area contributed by atoms with Gasteiger partial charge in [0.2, 0.25) is 0 Å². The van der Waals surface area contributed by atoms with Crippen LogP contribution in [0.4, 0.5) is 4.79 Å². The quantitative estimate of drug-likeness (QED) is 0.512. The van der Waals surface area contributed by atoms with Crippen LogP contribution in [0, 0.1) is 0 Å². The van der Waals surface area contributed by atoms with Crippen LogP contribution in [0.2, 0.25) is 0 Å². The number of carbonyl (C=O) groups excluding carboxylic acids is 2. The fourth-order valence-corrected chi connectivity index (χ4v) is 6.23. The van der Waals surface area contributed by atoms with Crippen LogP contribution in [0.1, 0.15) is 49.6 Å². The van der Waals surface area contributed by atoms with Crippen LogP contribution in [-0.2, 0) is 11.2 Å². The Bertz CT molecular complexity index is 1340. The van der Waals surface area contributed by atoms with E-state index in [0.29, 0.717) is 26.1 Å². The second-order valence-electron chi connectivity index (χ2n) is 10.3. The molecule has 8 heteroatoms. The molecule has 2 aromatic carbocycles. The molecule has 0 bridgehead atoms. The van der Waals surface area contributed by atoms with E-state index in [9.17, 15) is 14.7 Å². The normalized spacial score (nSPS) is 24.0. The number of phenols is 1. The Morgan fingerprint density at radius 1 is 1.11 bits per heavy atom. The van der Waals surface area contributed by atoms with Crippen LogP contribution in [0.25, 0.3) is 10.9 Å². The molecule has 2 fully saturated rings. The highest BCUT2D eigenvalue weighted by atomic mass is 16.5. The van der Waals surface area contributed by atoms with Gasteiger partial charge in [-0.15, -0.1) is 0 Å². The van der Waals surface area contributed by atoms with E-state index in [-0.39, 0.29) is 17.7 Å². The molecule has 0 saturated carbocycles. The fourth-order valence-electron chi connectivity index (χ4n) is 6.23. The molecular formula is C28H32N4O4. The summed E-state index contributed by atoms with van der Waals surface area (Å²) >= 11 is 0. The van der Waals surface area contributed by atoms with Crippen molar-refractivity contribution in [3.63, 3.8) is 0 Å². The highest BCUT2D eigenvalue weighted by molar-refractivity contribution is 6.08. The molecule has 6 rings (SSSR count). The summed E-state index contributed by atoms with van der Waals surface area (Å²) in [4.78, 5) is 36.9. The summed E-state index contributed by atoms with van der Waals surface area (Å²) in [6, 6.07) is 12.1. The summed E-state index contributed by atoms with van der Waals surface area (Å²) in [7, 11) is 0. The first-order valence-electron chi connectivity index (χ1n) is 12.8. The Hall–Kier alpha value is -3.52. The molecule has 0 aliphatic carbocycles. The minimum absolute atomic E-state index is 0.125. The largest absolute Gasteiger partial charge is 0.508 e. The average molecular weight is 489 g/mol. The maximum atomic E-state index is 13.9. The second-order valence-corrected chi connectivity index (χ2v) is 10.3. The van der Waals surface area contributed by atoms with Crippen LogP contribution in [0.5, 0.6) is 11.5 Å². The van der Waals surface area contributed by atoms with Crippen LogP contribution >= 0.6 is 0 Å². The second kappa shape index (κ2) is 8.55. The van der Waals surface area contributed by atoms with Gasteiger partial charge in [0.1, 0.15) is 23.1 Å². The third-order valence-corrected chi connectivity index (χ3v) is 7.97. The smallest absolute Gasteiger partial charge is 0.328 e. The third kappa shape index (κ3) is 3.46. The van der Waals surface area contributed by atoms with Gasteiger partial charge in [-0.05, 0) is 81.2 Å². The van der Waals surface area contributed by atoms with Crippen molar-refractivity contribution < 1.29 is 19.4 Å². The number of aromatic amines is 1. The van der Waals surface area contributed by atoms with E-state index in [4.69, 9.17) is 4.74 Å². The number of aromatic nitrogens is 1. The van der Waals surface area contributed by atoms with Gasteiger partial charge in [-0.3, -0.25) is 14.6 Å². The lowest BCUT2D eigenvalue weighted by molar-refractivity contribution is -0.133. The maximum absolute atomic E-state index is 13.9. The summed E-state index contributed by atoms with van der Waals surface area (Å²) in [5.74, 6) is 0.743. The number of fused-ring (bicyclic) bond motifs is 4. The van der Waals surface area contributed by atoms with Crippen molar-refractivity contribution in [1.29, 1.82) is 0 Å². The molecule has 3 amide bonds. The van der Waals surface area contributed by atoms with Crippen molar-refractivity contribution in [3.8, 4) is 11.5 Å². The van der Waals surface area contributed by atoms with Crippen LogP contribution in [0.15, 0.2) is 42.5 Å². The standard InChI is InChI=1S/C28H32N4O4/c1-3-36-20-9-10-23-21(16-20)22-17-28(2)26(34)31(14-13-30-11-4-5-12-30)27(35)32(28)25(24(22)29-23)18-7-6-8-19(33)15-18/h6-10,15-16,25,29,33H,3-5,11-14,17H2,1-2H3. The number of urea groups is 1. The van der Waals surface area contributed by atoms with Gasteiger partial charge >= 0.3 is 6.03 Å². The molecule has 3 aliphatic rings. The number of likely N-dealkylation sites (tertiary alicyclic amines) is 1. The van der Waals surface area contributed by atoms with Crippen molar-refractivity contribution in [3.05, 3.63) is 59.3 Å².